The van der Waals surface area contributed by atoms with Crippen LogP contribution in [0.1, 0.15) is 77.9 Å². The second kappa shape index (κ2) is 26.7. The normalized spacial score (nSPS) is 15.2. The van der Waals surface area contributed by atoms with Crippen LogP contribution < -0.4 is 9.80 Å². The number of anilines is 6. The van der Waals surface area contributed by atoms with E-state index in [4.69, 9.17) is 0 Å². The van der Waals surface area contributed by atoms with Crippen molar-refractivity contribution in [2.45, 2.75) is 29.1 Å². The van der Waals surface area contributed by atoms with E-state index in [-0.39, 0.29) is 0 Å². The first-order valence-corrected chi connectivity index (χ1v) is 37.3. The van der Waals surface area contributed by atoms with Crippen molar-refractivity contribution in [2.24, 2.45) is 0 Å². The van der Waals surface area contributed by atoms with Gasteiger partial charge < -0.3 is 9.80 Å². The molecule has 0 bridgehead atoms. The molecule has 0 fully saturated rings. The lowest BCUT2D eigenvalue weighted by molar-refractivity contribution is 0.629. The van der Waals surface area contributed by atoms with Gasteiger partial charge in [-0.1, -0.05) is 353 Å². The third kappa shape index (κ3) is 10.7. The van der Waals surface area contributed by atoms with Crippen molar-refractivity contribution in [2.75, 3.05) is 9.80 Å². The van der Waals surface area contributed by atoms with Crippen LogP contribution in [-0.2, 0) is 29.1 Å². The predicted octanol–water partition coefficient (Wildman–Crippen LogP) is 26.7. The van der Waals surface area contributed by atoms with E-state index < -0.39 is 16.2 Å². The van der Waals surface area contributed by atoms with E-state index in [1.54, 1.807) is 0 Å². The van der Waals surface area contributed by atoms with Crippen LogP contribution in [0.2, 0.25) is 0 Å². The van der Waals surface area contributed by atoms with Gasteiger partial charge in [-0.05, 0) is 219 Å². The van der Waals surface area contributed by atoms with Gasteiger partial charge in [0.25, 0.3) is 0 Å². The van der Waals surface area contributed by atoms with Crippen LogP contribution >= 0.6 is 0 Å². The minimum atomic E-state index is -0.808. The van der Waals surface area contributed by atoms with Gasteiger partial charge in [-0.25, -0.2) is 0 Å². The highest BCUT2D eigenvalue weighted by molar-refractivity contribution is 5.95. The van der Waals surface area contributed by atoms with E-state index in [0.717, 1.165) is 69.2 Å². The van der Waals surface area contributed by atoms with E-state index in [9.17, 15) is 0 Å². The number of rotatable bonds is 18. The summed E-state index contributed by atoms with van der Waals surface area (Å²) in [6.45, 7) is 8.24. The second-order valence-electron chi connectivity index (χ2n) is 28.8. The number of hydrogen-bond donors (Lipinski definition) is 0. The molecule has 3 aliphatic rings. The van der Waals surface area contributed by atoms with Crippen molar-refractivity contribution in [1.29, 1.82) is 0 Å². The number of benzene rings is 16. The minimum Gasteiger partial charge on any atom is -0.310 e. The van der Waals surface area contributed by atoms with Gasteiger partial charge in [0.2, 0.25) is 0 Å². The Kier molecular flexibility index (Phi) is 16.1. The summed E-state index contributed by atoms with van der Waals surface area (Å²) in [7, 11) is 0. The third-order valence-corrected chi connectivity index (χ3v) is 23.2. The Labute approximate surface area is 628 Å². The SMILES string of the molecule is C=Cc1ccc(CC2(c3ccccc3)c3ccccc3-c3ccc(N(c4ccc(-c5ccccc5)cc4)c4ccc5c(c4)C(c4ccccc4)(c4ccccc4)c4cc(N(c6ccc(-c7ccccc7)cc6)c6ccc7c(c6)C(Cc6ccc(C=C)cc6)(c6ccccc6)c6ccccc6-7)ccc4-5)cc32)cc1. The minimum absolute atomic E-state index is 0.527. The molecular weight excluding hydrogens is 1290 g/mol. The van der Waals surface area contributed by atoms with Crippen LogP contribution in [0.25, 0.3) is 67.8 Å². The lowest BCUT2D eigenvalue weighted by Gasteiger charge is -2.36. The largest absolute Gasteiger partial charge is 0.310 e. The van der Waals surface area contributed by atoms with Gasteiger partial charge in [-0.15, -0.1) is 0 Å². The Balaban J connectivity index is 0.825. The zero-order valence-corrected chi connectivity index (χ0v) is 59.5. The van der Waals surface area contributed by atoms with Crippen molar-refractivity contribution in [3.05, 3.63) is 491 Å². The molecule has 107 heavy (non-hydrogen) atoms. The standard InChI is InChI=1S/C105H76N2/c1-3-73-43-47-75(48-44-73)71-103(81-31-15-7-16-32-81)97-41-25-23-39-91(97)93-63-59-87(67-99(93)103)106(85-55-51-79(52-56-85)77-27-11-5-12-28-77)89-61-65-95-96-66-62-90(70-102(96)105(101(95)69-89,83-35-19-9-20-36-83)84-37-21-10-22-38-84)107(86-57-53-80(54-58-86)78-29-13-6-14-30-78)88-60-64-94-92-40-24-26-42-98(92)104(100(94)68-88,82-33-17-8-18-34-82)72-76-49-45-74(4-2)46-50-76/h3-70H,1-2,71-72H2. The fourth-order valence-corrected chi connectivity index (χ4v) is 18.3. The summed E-state index contributed by atoms with van der Waals surface area (Å²) < 4.78 is 0. The smallest absolute Gasteiger partial charge is 0.0715 e. The van der Waals surface area contributed by atoms with Gasteiger partial charge in [0, 0.05) is 34.1 Å². The molecule has 0 heterocycles. The maximum atomic E-state index is 4.12. The van der Waals surface area contributed by atoms with Gasteiger partial charge in [0.1, 0.15) is 0 Å². The van der Waals surface area contributed by atoms with Crippen LogP contribution in [0.4, 0.5) is 34.1 Å². The molecule has 0 N–H and O–H groups in total. The van der Waals surface area contributed by atoms with Crippen molar-refractivity contribution in [1.82, 2.24) is 0 Å². The fourth-order valence-electron chi connectivity index (χ4n) is 18.3. The molecule has 506 valence electrons. The van der Waals surface area contributed by atoms with Crippen molar-refractivity contribution in [3.8, 4) is 55.6 Å². The van der Waals surface area contributed by atoms with E-state index in [0.29, 0.717) is 0 Å². The van der Waals surface area contributed by atoms with Crippen LogP contribution in [-0.4, -0.2) is 0 Å². The molecule has 16 aromatic carbocycles. The van der Waals surface area contributed by atoms with Gasteiger partial charge in [-0.3, -0.25) is 0 Å². The third-order valence-electron chi connectivity index (χ3n) is 23.2. The highest BCUT2D eigenvalue weighted by Crippen LogP contribution is 2.61. The number of nitrogens with zero attached hydrogens (tertiary/aromatic N) is 2. The Morgan fingerprint density at radius 1 is 0.215 bits per heavy atom. The molecule has 16 aromatic rings. The first-order valence-electron chi connectivity index (χ1n) is 37.3. The molecule has 0 saturated heterocycles. The Morgan fingerprint density at radius 2 is 0.477 bits per heavy atom. The molecule has 0 radical (unpaired) electrons. The van der Waals surface area contributed by atoms with Crippen LogP contribution in [0.15, 0.2) is 414 Å². The molecule has 19 rings (SSSR count). The molecule has 2 atom stereocenters. The van der Waals surface area contributed by atoms with Gasteiger partial charge in [-0.2, -0.15) is 0 Å². The summed E-state index contributed by atoms with van der Waals surface area (Å²) in [5, 5.41) is 0. The fraction of sp³-hybridized carbons (Fsp3) is 0.0476. The molecular formula is C105H76N2. The first-order chi connectivity index (χ1) is 52.9. The van der Waals surface area contributed by atoms with E-state index in [1.807, 2.05) is 12.2 Å². The first kappa shape index (κ1) is 64.4. The average molecular weight is 1370 g/mol. The summed E-state index contributed by atoms with van der Waals surface area (Å²) in [6, 6.07) is 150. The van der Waals surface area contributed by atoms with E-state index >= 15 is 0 Å². The molecule has 0 saturated carbocycles. The Bertz CT molecular complexity index is 5620. The molecule has 0 aliphatic heterocycles. The van der Waals surface area contributed by atoms with Crippen molar-refractivity contribution in [3.63, 3.8) is 0 Å². The van der Waals surface area contributed by atoms with Crippen LogP contribution in [0.5, 0.6) is 0 Å². The highest BCUT2D eigenvalue weighted by Gasteiger charge is 2.49. The van der Waals surface area contributed by atoms with Crippen molar-refractivity contribution < 1.29 is 0 Å². The molecule has 0 spiro atoms. The summed E-state index contributed by atoms with van der Waals surface area (Å²) in [5.74, 6) is 0. The number of hydrogen-bond acceptors (Lipinski definition) is 2. The molecule has 2 unspecified atom stereocenters. The van der Waals surface area contributed by atoms with Gasteiger partial charge in [0.15, 0.2) is 0 Å². The zero-order valence-electron chi connectivity index (χ0n) is 59.5. The molecule has 2 nitrogen and oxygen atoms in total. The maximum Gasteiger partial charge on any atom is 0.0715 e. The molecule has 2 heteroatoms. The molecule has 3 aliphatic carbocycles. The molecule has 0 amide bonds. The van der Waals surface area contributed by atoms with Crippen molar-refractivity contribution >= 4 is 46.3 Å². The Hall–Kier alpha value is -13.4. The van der Waals surface area contributed by atoms with E-state index in [2.05, 4.69) is 423 Å². The van der Waals surface area contributed by atoms with Crippen LogP contribution in [0.3, 0.4) is 0 Å². The zero-order chi connectivity index (χ0) is 71.5. The lowest BCUT2D eigenvalue weighted by atomic mass is 9.67. The highest BCUT2D eigenvalue weighted by atomic mass is 15.1. The summed E-state index contributed by atoms with van der Waals surface area (Å²) in [5.41, 5.74) is 33.8. The maximum absolute atomic E-state index is 4.12. The monoisotopic (exact) mass is 1360 g/mol. The second-order valence-corrected chi connectivity index (χ2v) is 28.8. The van der Waals surface area contributed by atoms with Crippen LogP contribution in [0, 0.1) is 0 Å². The van der Waals surface area contributed by atoms with Gasteiger partial charge in [0.05, 0.1) is 16.2 Å². The van der Waals surface area contributed by atoms with E-state index in [1.165, 1.54) is 111 Å². The quantitative estimate of drug-likeness (QED) is 0.0845. The Morgan fingerprint density at radius 3 is 0.813 bits per heavy atom. The summed E-state index contributed by atoms with van der Waals surface area (Å²) in [4.78, 5) is 5.03. The molecule has 0 aromatic heterocycles. The average Bonchev–Trinajstić information content (AvgIpc) is 1.54. The number of fused-ring (bicyclic) bond motifs is 9. The van der Waals surface area contributed by atoms with Gasteiger partial charge >= 0.3 is 0 Å². The topological polar surface area (TPSA) is 6.48 Å². The predicted molar refractivity (Wildman–Crippen MR) is 448 cm³/mol. The summed E-state index contributed by atoms with van der Waals surface area (Å²) in [6.07, 6.45) is 5.39. The summed E-state index contributed by atoms with van der Waals surface area (Å²) >= 11 is 0. The lowest BCUT2D eigenvalue weighted by Crippen LogP contribution is -2.30.